The van der Waals surface area contributed by atoms with Crippen LogP contribution in [0.25, 0.3) is 10.9 Å². The summed E-state index contributed by atoms with van der Waals surface area (Å²) in [7, 11) is 0. The molecule has 19 heavy (non-hydrogen) atoms. The molecule has 3 rings (SSSR count). The molecule has 1 aliphatic heterocycles. The molecule has 4 nitrogen and oxygen atoms in total. The second-order valence-electron chi connectivity index (χ2n) is 5.24. The fourth-order valence-electron chi connectivity index (χ4n) is 2.83. The van der Waals surface area contributed by atoms with E-state index in [1.54, 1.807) is 0 Å². The highest BCUT2D eigenvalue weighted by Gasteiger charge is 2.25. The fraction of sp³-hybridized carbons (Fsp3) is 0.400. The molecule has 0 bridgehead atoms. The highest BCUT2D eigenvalue weighted by atomic mass is 16.5. The molecule has 100 valence electrons. The normalized spacial score (nSPS) is 23.6. The van der Waals surface area contributed by atoms with Crippen molar-refractivity contribution in [3.63, 3.8) is 0 Å². The van der Waals surface area contributed by atoms with Crippen molar-refractivity contribution in [1.82, 2.24) is 4.98 Å². The van der Waals surface area contributed by atoms with E-state index in [9.17, 15) is 0 Å². The maximum Gasteiger partial charge on any atom is 0.0776 e. The first-order chi connectivity index (χ1) is 9.16. The van der Waals surface area contributed by atoms with Crippen molar-refractivity contribution in [1.29, 1.82) is 0 Å². The third-order valence-electron chi connectivity index (χ3n) is 3.87. The molecule has 0 unspecified atom stereocenters. The number of pyridine rings is 1. The van der Waals surface area contributed by atoms with Gasteiger partial charge in [0.1, 0.15) is 0 Å². The van der Waals surface area contributed by atoms with Crippen molar-refractivity contribution >= 4 is 22.3 Å². The Morgan fingerprint density at radius 1 is 1.21 bits per heavy atom. The molecular weight excluding hydrogens is 238 g/mol. The zero-order chi connectivity index (χ0) is 13.4. The highest BCUT2D eigenvalue weighted by molar-refractivity contribution is 5.96. The first-order valence-electron chi connectivity index (χ1n) is 6.72. The van der Waals surface area contributed by atoms with Gasteiger partial charge in [-0.2, -0.15) is 0 Å². The van der Waals surface area contributed by atoms with Gasteiger partial charge in [0.25, 0.3) is 0 Å². The van der Waals surface area contributed by atoms with Crippen LogP contribution in [-0.4, -0.2) is 17.7 Å². The van der Waals surface area contributed by atoms with Gasteiger partial charge in [0.2, 0.25) is 0 Å². The molecule has 4 N–H and O–H groups in total. The van der Waals surface area contributed by atoms with E-state index in [1.165, 1.54) is 0 Å². The second-order valence-corrected chi connectivity index (χ2v) is 5.24. The number of ether oxygens (including phenoxy) is 1. The molecule has 0 aliphatic carbocycles. The molecule has 1 saturated heterocycles. The van der Waals surface area contributed by atoms with Crippen LogP contribution in [0.15, 0.2) is 24.3 Å². The Hall–Kier alpha value is -1.81. The van der Waals surface area contributed by atoms with Gasteiger partial charge in [0.05, 0.1) is 28.7 Å². The van der Waals surface area contributed by atoms with Gasteiger partial charge in [-0.05, 0) is 25.8 Å². The Morgan fingerprint density at radius 2 is 2.00 bits per heavy atom. The first kappa shape index (κ1) is 12.2. The number of aromatic nitrogens is 1. The van der Waals surface area contributed by atoms with Crippen LogP contribution >= 0.6 is 0 Å². The minimum Gasteiger partial charge on any atom is -0.396 e. The summed E-state index contributed by atoms with van der Waals surface area (Å²) >= 11 is 0. The van der Waals surface area contributed by atoms with E-state index in [0.29, 0.717) is 17.3 Å². The van der Waals surface area contributed by atoms with Crippen LogP contribution < -0.4 is 11.5 Å². The Balaban J connectivity index is 2.10. The van der Waals surface area contributed by atoms with Crippen LogP contribution in [0.4, 0.5) is 11.4 Å². The van der Waals surface area contributed by atoms with E-state index in [1.807, 2.05) is 24.3 Å². The van der Waals surface area contributed by atoms with Crippen LogP contribution in [0.1, 0.15) is 31.4 Å². The third kappa shape index (κ3) is 2.12. The summed E-state index contributed by atoms with van der Waals surface area (Å²) in [6, 6.07) is 7.87. The van der Waals surface area contributed by atoms with Crippen LogP contribution in [-0.2, 0) is 4.74 Å². The number of para-hydroxylation sites is 1. The smallest absolute Gasteiger partial charge is 0.0776 e. The van der Waals surface area contributed by atoms with Crippen molar-refractivity contribution < 1.29 is 4.74 Å². The number of hydrogen-bond acceptors (Lipinski definition) is 4. The highest BCUT2D eigenvalue weighted by Crippen LogP contribution is 2.37. The zero-order valence-electron chi connectivity index (χ0n) is 11.1. The molecule has 0 amide bonds. The number of nitrogens with zero attached hydrogens (tertiary/aromatic N) is 1. The Bertz CT molecular complexity index is 612. The third-order valence-corrected chi connectivity index (χ3v) is 3.87. The summed E-state index contributed by atoms with van der Waals surface area (Å²) < 4.78 is 5.59. The average Bonchev–Trinajstić information content (AvgIpc) is 2.43. The van der Waals surface area contributed by atoms with Crippen molar-refractivity contribution in [3.8, 4) is 0 Å². The monoisotopic (exact) mass is 257 g/mol. The van der Waals surface area contributed by atoms with E-state index in [2.05, 4.69) is 6.92 Å². The number of rotatable bonds is 1. The summed E-state index contributed by atoms with van der Waals surface area (Å²) in [4.78, 5) is 4.73. The lowest BCUT2D eigenvalue weighted by Gasteiger charge is -2.28. The van der Waals surface area contributed by atoms with Gasteiger partial charge in [-0.25, -0.2) is 0 Å². The van der Waals surface area contributed by atoms with Crippen molar-refractivity contribution in [2.24, 2.45) is 0 Å². The zero-order valence-corrected chi connectivity index (χ0v) is 11.1. The molecule has 0 saturated carbocycles. The van der Waals surface area contributed by atoms with E-state index in [4.69, 9.17) is 21.2 Å². The van der Waals surface area contributed by atoms with E-state index in [-0.39, 0.29) is 6.10 Å². The fourth-order valence-corrected chi connectivity index (χ4v) is 2.83. The van der Waals surface area contributed by atoms with Crippen molar-refractivity contribution in [3.05, 3.63) is 30.0 Å². The van der Waals surface area contributed by atoms with Gasteiger partial charge < -0.3 is 16.2 Å². The lowest BCUT2D eigenvalue weighted by atomic mass is 9.90. The predicted octanol–water partition coefficient (Wildman–Crippen LogP) is 2.68. The summed E-state index contributed by atoms with van der Waals surface area (Å²) in [5, 5.41) is 0.934. The van der Waals surface area contributed by atoms with Gasteiger partial charge in [-0.1, -0.05) is 18.2 Å². The standard InChI is InChI=1S/C15H19N3O/c1-9-8-10(6-7-19-9)15-14(17)13(16)11-4-2-3-5-12(11)18-15/h2-5,9-10H,6-8,17H2,1H3,(H2,16,18)/t9-,10-/m1/s1. The van der Waals surface area contributed by atoms with Crippen LogP contribution in [0.2, 0.25) is 0 Å². The number of benzene rings is 1. The summed E-state index contributed by atoms with van der Waals surface area (Å²) in [5.41, 5.74) is 15.5. The summed E-state index contributed by atoms with van der Waals surface area (Å²) in [6.07, 6.45) is 2.17. The Kier molecular flexibility index (Phi) is 3.03. The van der Waals surface area contributed by atoms with E-state index >= 15 is 0 Å². The molecule has 4 heteroatoms. The minimum atomic E-state index is 0.257. The van der Waals surface area contributed by atoms with Crippen molar-refractivity contribution in [2.45, 2.75) is 31.8 Å². The van der Waals surface area contributed by atoms with Gasteiger partial charge in [0, 0.05) is 17.9 Å². The largest absolute Gasteiger partial charge is 0.396 e. The van der Waals surface area contributed by atoms with Crippen LogP contribution in [0.3, 0.4) is 0 Å². The van der Waals surface area contributed by atoms with Gasteiger partial charge in [0.15, 0.2) is 0 Å². The molecule has 1 fully saturated rings. The second kappa shape index (κ2) is 4.70. The van der Waals surface area contributed by atoms with Crippen LogP contribution in [0, 0.1) is 0 Å². The Labute approximate surface area is 112 Å². The number of hydrogen-bond donors (Lipinski definition) is 2. The molecule has 1 aromatic heterocycles. The van der Waals surface area contributed by atoms with Crippen LogP contribution in [0.5, 0.6) is 0 Å². The minimum absolute atomic E-state index is 0.257. The van der Waals surface area contributed by atoms with Crippen molar-refractivity contribution in [2.75, 3.05) is 18.1 Å². The first-order valence-corrected chi connectivity index (χ1v) is 6.72. The number of anilines is 2. The quantitative estimate of drug-likeness (QED) is 0.823. The van der Waals surface area contributed by atoms with Gasteiger partial charge >= 0.3 is 0 Å². The van der Waals surface area contributed by atoms with Gasteiger partial charge in [-0.15, -0.1) is 0 Å². The predicted molar refractivity (Wildman–Crippen MR) is 78.0 cm³/mol. The lowest BCUT2D eigenvalue weighted by molar-refractivity contribution is 0.0182. The maximum absolute atomic E-state index is 6.20. The lowest BCUT2D eigenvalue weighted by Crippen LogP contribution is -2.23. The molecule has 0 radical (unpaired) electrons. The van der Waals surface area contributed by atoms with E-state index < -0.39 is 0 Å². The topological polar surface area (TPSA) is 74.2 Å². The molecule has 2 aromatic rings. The summed E-state index contributed by atoms with van der Waals surface area (Å²) in [5.74, 6) is 0.343. The Morgan fingerprint density at radius 3 is 2.79 bits per heavy atom. The van der Waals surface area contributed by atoms with E-state index in [0.717, 1.165) is 36.0 Å². The number of fused-ring (bicyclic) bond motifs is 1. The maximum atomic E-state index is 6.20. The molecule has 0 spiro atoms. The molecule has 1 aromatic carbocycles. The number of nitrogens with two attached hydrogens (primary N) is 2. The SMILES string of the molecule is C[C@@H]1C[C@H](c2nc3ccccc3c(N)c2N)CCO1. The molecular formula is C15H19N3O. The molecule has 2 heterocycles. The van der Waals surface area contributed by atoms with Gasteiger partial charge in [-0.3, -0.25) is 4.98 Å². The summed E-state index contributed by atoms with van der Waals surface area (Å²) in [6.45, 7) is 2.85. The number of nitrogen functional groups attached to an aromatic ring is 2. The molecule has 2 atom stereocenters. The average molecular weight is 257 g/mol. The molecule has 1 aliphatic rings.